The van der Waals surface area contributed by atoms with Gasteiger partial charge in [0.25, 0.3) is 0 Å². The van der Waals surface area contributed by atoms with Crippen molar-refractivity contribution in [1.29, 1.82) is 0 Å². The average Bonchev–Trinajstić information content (AvgIpc) is 2.63. The first-order valence-corrected chi connectivity index (χ1v) is 7.78. The van der Waals surface area contributed by atoms with Crippen LogP contribution in [-0.2, 0) is 6.42 Å². The number of rotatable bonds is 3. The maximum atomic E-state index is 12.1. The van der Waals surface area contributed by atoms with Crippen molar-refractivity contribution in [2.45, 2.75) is 13.3 Å². The van der Waals surface area contributed by atoms with E-state index in [1.54, 1.807) is 0 Å². The lowest BCUT2D eigenvalue weighted by atomic mass is 10.1. The van der Waals surface area contributed by atoms with Crippen molar-refractivity contribution in [2.75, 3.05) is 0 Å². The number of halogens is 2. The topological polar surface area (TPSA) is 17.1 Å². The summed E-state index contributed by atoms with van der Waals surface area (Å²) in [6, 6.07) is 10.0. The van der Waals surface area contributed by atoms with Gasteiger partial charge in [0.2, 0.25) is 0 Å². The number of thiophene rings is 1. The number of hydrogen-bond acceptors (Lipinski definition) is 2. The quantitative estimate of drug-likeness (QED) is 0.512. The van der Waals surface area contributed by atoms with Gasteiger partial charge in [-0.25, -0.2) is 0 Å². The van der Waals surface area contributed by atoms with Crippen molar-refractivity contribution >= 4 is 55.6 Å². The Bertz CT molecular complexity index is 526. The fourth-order valence-corrected chi connectivity index (χ4v) is 3.30. The molecule has 0 saturated carbocycles. The summed E-state index contributed by atoms with van der Waals surface area (Å²) in [5.41, 5.74) is 2.19. The molecule has 0 spiro atoms. The standard InChI is InChI=1S/C13H10BrIOS/c1-8-6-12(17-13(8)14)11(16)7-9-2-4-10(15)5-3-9/h2-6H,7H2,1H3. The van der Waals surface area contributed by atoms with Gasteiger partial charge >= 0.3 is 0 Å². The Morgan fingerprint density at radius 2 is 2.00 bits per heavy atom. The highest BCUT2D eigenvalue weighted by molar-refractivity contribution is 14.1. The molecule has 1 nitrogen and oxygen atoms in total. The molecule has 0 aliphatic heterocycles. The van der Waals surface area contributed by atoms with Crippen molar-refractivity contribution < 1.29 is 4.79 Å². The van der Waals surface area contributed by atoms with Crippen LogP contribution < -0.4 is 0 Å². The molecule has 0 fully saturated rings. The van der Waals surface area contributed by atoms with Gasteiger partial charge in [-0.2, -0.15) is 0 Å². The lowest BCUT2D eigenvalue weighted by Gasteiger charge is -1.99. The zero-order valence-electron chi connectivity index (χ0n) is 9.17. The summed E-state index contributed by atoms with van der Waals surface area (Å²) in [6.45, 7) is 2.00. The lowest BCUT2D eigenvalue weighted by molar-refractivity contribution is 0.0997. The predicted molar refractivity (Wildman–Crippen MR) is 83.9 cm³/mol. The lowest BCUT2D eigenvalue weighted by Crippen LogP contribution is -2.00. The second-order valence-corrected chi connectivity index (χ2v) is 7.41. The van der Waals surface area contributed by atoms with Gasteiger partial charge < -0.3 is 0 Å². The molecule has 0 aliphatic carbocycles. The molecule has 2 aromatic rings. The summed E-state index contributed by atoms with van der Waals surface area (Å²) in [4.78, 5) is 12.9. The van der Waals surface area contributed by atoms with Gasteiger partial charge in [-0.1, -0.05) is 12.1 Å². The Morgan fingerprint density at radius 3 is 2.53 bits per heavy atom. The van der Waals surface area contributed by atoms with Gasteiger partial charge in [0.05, 0.1) is 8.66 Å². The molecule has 0 aliphatic rings. The Labute approximate surface area is 127 Å². The van der Waals surface area contributed by atoms with Gasteiger partial charge in [0.1, 0.15) is 0 Å². The van der Waals surface area contributed by atoms with E-state index in [4.69, 9.17) is 0 Å². The molecule has 0 unspecified atom stereocenters. The van der Waals surface area contributed by atoms with E-state index in [0.29, 0.717) is 6.42 Å². The Morgan fingerprint density at radius 1 is 1.35 bits per heavy atom. The van der Waals surface area contributed by atoms with E-state index < -0.39 is 0 Å². The zero-order chi connectivity index (χ0) is 12.4. The molecule has 4 heteroatoms. The Balaban J connectivity index is 2.14. The van der Waals surface area contributed by atoms with Gasteiger partial charge in [-0.05, 0) is 74.8 Å². The van der Waals surface area contributed by atoms with Crippen molar-refractivity contribution in [2.24, 2.45) is 0 Å². The molecular formula is C13H10BrIOS. The molecule has 0 N–H and O–H groups in total. The average molecular weight is 421 g/mol. The predicted octanol–water partition coefficient (Wildman–Crippen LogP) is 4.85. The maximum absolute atomic E-state index is 12.1. The van der Waals surface area contributed by atoms with Crippen molar-refractivity contribution in [3.63, 3.8) is 0 Å². The summed E-state index contributed by atoms with van der Waals surface area (Å²) in [5.74, 6) is 0.185. The first kappa shape index (κ1) is 13.2. The Kier molecular flexibility index (Phi) is 4.38. The molecule has 1 heterocycles. The number of benzene rings is 1. The van der Waals surface area contributed by atoms with Crippen LogP contribution in [0.3, 0.4) is 0 Å². The molecular weight excluding hydrogens is 411 g/mol. The van der Waals surface area contributed by atoms with E-state index in [2.05, 4.69) is 38.5 Å². The van der Waals surface area contributed by atoms with Gasteiger partial charge in [-0.15, -0.1) is 11.3 Å². The fraction of sp³-hybridized carbons (Fsp3) is 0.154. The van der Waals surface area contributed by atoms with Gasteiger partial charge in [-0.3, -0.25) is 4.79 Å². The van der Waals surface area contributed by atoms with Crippen LogP contribution in [0.2, 0.25) is 0 Å². The van der Waals surface area contributed by atoms with Crippen LogP contribution in [0, 0.1) is 10.5 Å². The molecule has 17 heavy (non-hydrogen) atoms. The molecule has 88 valence electrons. The number of hydrogen-bond donors (Lipinski definition) is 0. The number of Topliss-reactive ketones (excluding diaryl/α,β-unsaturated/α-hetero) is 1. The van der Waals surface area contributed by atoms with E-state index in [9.17, 15) is 4.79 Å². The summed E-state index contributed by atoms with van der Waals surface area (Å²) in [7, 11) is 0. The van der Waals surface area contributed by atoms with Crippen LogP contribution in [0.4, 0.5) is 0 Å². The van der Waals surface area contributed by atoms with Crippen LogP contribution in [0.15, 0.2) is 34.1 Å². The number of aryl methyl sites for hydroxylation is 1. The number of carbonyl (C=O) groups is 1. The second-order valence-electron chi connectivity index (χ2n) is 3.79. The summed E-state index contributed by atoms with van der Waals surface area (Å²) < 4.78 is 2.23. The highest BCUT2D eigenvalue weighted by atomic mass is 127. The van der Waals surface area contributed by atoms with Crippen LogP contribution in [0.25, 0.3) is 0 Å². The minimum atomic E-state index is 0.185. The van der Waals surface area contributed by atoms with Crippen molar-refractivity contribution in [1.82, 2.24) is 0 Å². The highest BCUT2D eigenvalue weighted by Gasteiger charge is 2.11. The van der Waals surface area contributed by atoms with Crippen LogP contribution >= 0.6 is 49.9 Å². The highest BCUT2D eigenvalue weighted by Crippen LogP contribution is 2.28. The molecule has 0 atom stereocenters. The molecule has 1 aromatic heterocycles. The zero-order valence-corrected chi connectivity index (χ0v) is 13.7. The maximum Gasteiger partial charge on any atom is 0.177 e. The SMILES string of the molecule is Cc1cc(C(=O)Cc2ccc(I)cc2)sc1Br. The third-order valence-corrected chi connectivity index (χ3v) is 5.31. The Hall–Kier alpha value is -0.200. The van der Waals surface area contributed by atoms with E-state index in [0.717, 1.165) is 19.8 Å². The van der Waals surface area contributed by atoms with E-state index >= 15 is 0 Å². The van der Waals surface area contributed by atoms with Crippen LogP contribution in [0.5, 0.6) is 0 Å². The minimum Gasteiger partial charge on any atom is -0.293 e. The van der Waals surface area contributed by atoms with Crippen molar-refractivity contribution in [3.05, 3.63) is 53.7 Å². The van der Waals surface area contributed by atoms with Crippen molar-refractivity contribution in [3.8, 4) is 0 Å². The fourth-order valence-electron chi connectivity index (χ4n) is 1.47. The molecule has 0 radical (unpaired) electrons. The van der Waals surface area contributed by atoms with Crippen LogP contribution in [0.1, 0.15) is 20.8 Å². The van der Waals surface area contributed by atoms with Gasteiger partial charge in [0.15, 0.2) is 5.78 Å². The van der Waals surface area contributed by atoms with Crippen LogP contribution in [-0.4, -0.2) is 5.78 Å². The molecule has 0 saturated heterocycles. The second kappa shape index (κ2) is 5.63. The largest absolute Gasteiger partial charge is 0.293 e. The molecule has 1 aromatic carbocycles. The van der Waals surface area contributed by atoms with E-state index in [-0.39, 0.29) is 5.78 Å². The normalized spacial score (nSPS) is 10.5. The molecule has 2 rings (SSSR count). The summed E-state index contributed by atoms with van der Waals surface area (Å²) in [5, 5.41) is 0. The van der Waals surface area contributed by atoms with E-state index in [1.165, 1.54) is 14.9 Å². The first-order chi connectivity index (χ1) is 8.06. The summed E-state index contributed by atoms with van der Waals surface area (Å²) in [6.07, 6.45) is 0.476. The third kappa shape index (κ3) is 3.39. The number of carbonyl (C=O) groups excluding carboxylic acids is 1. The smallest absolute Gasteiger partial charge is 0.177 e. The number of ketones is 1. The van der Waals surface area contributed by atoms with Gasteiger partial charge in [0, 0.05) is 9.99 Å². The monoisotopic (exact) mass is 420 g/mol. The third-order valence-electron chi connectivity index (χ3n) is 2.41. The minimum absolute atomic E-state index is 0.185. The molecule has 0 bridgehead atoms. The molecule has 0 amide bonds. The first-order valence-electron chi connectivity index (χ1n) is 5.10. The summed E-state index contributed by atoms with van der Waals surface area (Å²) >= 11 is 7.22. The van der Waals surface area contributed by atoms with E-state index in [1.807, 2.05) is 37.3 Å².